The van der Waals surface area contributed by atoms with E-state index in [1.54, 1.807) is 6.20 Å². The standard InChI is InChI=1S/C16H26N6O.HI/c1-2-7-19-16(17)20-9-6-15(23)22-12-10-21(11-13-22)14-5-3-4-8-18-14;/h3-5,8H,2,6-7,9-13H2,1H3,(H3,17,19,20);1H. The van der Waals surface area contributed by atoms with Gasteiger partial charge in [-0.05, 0) is 18.6 Å². The molecule has 1 aromatic heterocycles. The number of guanidine groups is 1. The van der Waals surface area contributed by atoms with Gasteiger partial charge in [-0.2, -0.15) is 0 Å². The molecule has 0 saturated carbocycles. The second-order valence-corrected chi connectivity index (χ2v) is 5.50. The molecular formula is C16H27IN6O. The average Bonchev–Trinajstić information content (AvgIpc) is 2.60. The summed E-state index contributed by atoms with van der Waals surface area (Å²) in [6.45, 7) is 6.38. The lowest BCUT2D eigenvalue weighted by atomic mass is 10.2. The monoisotopic (exact) mass is 446 g/mol. The van der Waals surface area contributed by atoms with Crippen LogP contribution in [0.3, 0.4) is 0 Å². The Kier molecular flexibility index (Phi) is 9.43. The highest BCUT2D eigenvalue weighted by molar-refractivity contribution is 14.0. The number of carbonyl (C=O) groups is 1. The van der Waals surface area contributed by atoms with Gasteiger partial charge in [-0.3, -0.25) is 9.79 Å². The minimum atomic E-state index is 0. The van der Waals surface area contributed by atoms with Gasteiger partial charge in [-0.15, -0.1) is 24.0 Å². The first kappa shape index (κ1) is 20.5. The molecule has 1 fully saturated rings. The van der Waals surface area contributed by atoms with E-state index in [1.165, 1.54) is 0 Å². The molecule has 0 spiro atoms. The van der Waals surface area contributed by atoms with Crippen molar-refractivity contribution >= 4 is 41.7 Å². The van der Waals surface area contributed by atoms with E-state index < -0.39 is 0 Å². The Bertz CT molecular complexity index is 517. The molecule has 24 heavy (non-hydrogen) atoms. The van der Waals surface area contributed by atoms with E-state index in [-0.39, 0.29) is 29.9 Å². The van der Waals surface area contributed by atoms with Crippen molar-refractivity contribution < 1.29 is 4.79 Å². The van der Waals surface area contributed by atoms with Crippen molar-refractivity contribution in [2.75, 3.05) is 44.2 Å². The number of nitrogens with zero attached hydrogens (tertiary/aromatic N) is 4. The fraction of sp³-hybridized carbons (Fsp3) is 0.562. The van der Waals surface area contributed by atoms with Gasteiger partial charge in [0.1, 0.15) is 5.82 Å². The van der Waals surface area contributed by atoms with E-state index in [1.807, 2.05) is 30.0 Å². The second kappa shape index (κ2) is 11.1. The van der Waals surface area contributed by atoms with Gasteiger partial charge in [0.25, 0.3) is 0 Å². The summed E-state index contributed by atoms with van der Waals surface area (Å²) in [6, 6.07) is 5.89. The molecule has 7 nitrogen and oxygen atoms in total. The van der Waals surface area contributed by atoms with Crippen molar-refractivity contribution in [2.24, 2.45) is 10.7 Å². The number of carbonyl (C=O) groups excluding carboxylic acids is 1. The van der Waals surface area contributed by atoms with Crippen LogP contribution in [0.1, 0.15) is 19.8 Å². The number of halogens is 1. The Labute approximate surface area is 160 Å². The highest BCUT2D eigenvalue weighted by Gasteiger charge is 2.21. The van der Waals surface area contributed by atoms with Crippen molar-refractivity contribution in [3.63, 3.8) is 0 Å². The Balaban J connectivity index is 0.00000288. The first-order valence-corrected chi connectivity index (χ1v) is 8.18. The van der Waals surface area contributed by atoms with Gasteiger partial charge in [0, 0.05) is 51.9 Å². The summed E-state index contributed by atoms with van der Waals surface area (Å²) in [5.74, 6) is 1.54. The molecule has 0 unspecified atom stereocenters. The maximum atomic E-state index is 12.2. The number of piperazine rings is 1. The number of rotatable bonds is 6. The van der Waals surface area contributed by atoms with Crippen LogP contribution in [0.15, 0.2) is 29.4 Å². The number of hydrogen-bond donors (Lipinski definition) is 2. The maximum Gasteiger partial charge on any atom is 0.224 e. The zero-order valence-electron chi connectivity index (χ0n) is 14.1. The number of aliphatic imine (C=N–C) groups is 1. The Morgan fingerprint density at radius 1 is 1.33 bits per heavy atom. The minimum Gasteiger partial charge on any atom is -0.370 e. The third-order valence-electron chi connectivity index (χ3n) is 3.76. The highest BCUT2D eigenvalue weighted by Crippen LogP contribution is 2.12. The molecule has 134 valence electrons. The second-order valence-electron chi connectivity index (χ2n) is 5.50. The van der Waals surface area contributed by atoms with Crippen LogP contribution in [0, 0.1) is 0 Å². The summed E-state index contributed by atoms with van der Waals surface area (Å²) in [6.07, 6.45) is 3.19. The van der Waals surface area contributed by atoms with E-state index in [0.29, 0.717) is 25.5 Å². The van der Waals surface area contributed by atoms with Crippen molar-refractivity contribution in [3.05, 3.63) is 24.4 Å². The van der Waals surface area contributed by atoms with Crippen LogP contribution in [0.2, 0.25) is 0 Å². The lowest BCUT2D eigenvalue weighted by Crippen LogP contribution is -2.49. The maximum absolute atomic E-state index is 12.2. The van der Waals surface area contributed by atoms with Crippen LogP contribution in [0.5, 0.6) is 0 Å². The molecule has 1 aliphatic heterocycles. The van der Waals surface area contributed by atoms with Crippen LogP contribution in [0.25, 0.3) is 0 Å². The van der Waals surface area contributed by atoms with E-state index in [9.17, 15) is 4.79 Å². The largest absolute Gasteiger partial charge is 0.370 e. The Hall–Kier alpha value is -1.58. The SMILES string of the molecule is CCCN=C(N)NCCC(=O)N1CCN(c2ccccn2)CC1.I. The molecule has 0 radical (unpaired) electrons. The predicted octanol–water partition coefficient (Wildman–Crippen LogP) is 1.05. The van der Waals surface area contributed by atoms with Crippen LogP contribution in [0.4, 0.5) is 5.82 Å². The number of hydrogen-bond acceptors (Lipinski definition) is 4. The number of nitrogens with two attached hydrogens (primary N) is 1. The molecule has 1 aliphatic rings. The van der Waals surface area contributed by atoms with Crippen molar-refractivity contribution in [3.8, 4) is 0 Å². The summed E-state index contributed by atoms with van der Waals surface area (Å²) < 4.78 is 0. The van der Waals surface area contributed by atoms with E-state index in [2.05, 4.69) is 20.2 Å². The molecule has 0 aliphatic carbocycles. The molecule has 1 saturated heterocycles. The van der Waals surface area contributed by atoms with Crippen LogP contribution in [-0.2, 0) is 4.79 Å². The van der Waals surface area contributed by atoms with Crippen LogP contribution >= 0.6 is 24.0 Å². The van der Waals surface area contributed by atoms with Crippen molar-refractivity contribution in [1.29, 1.82) is 0 Å². The quantitative estimate of drug-likeness (QED) is 0.388. The molecule has 1 aromatic rings. The third kappa shape index (κ3) is 6.50. The molecule has 1 amide bonds. The Morgan fingerprint density at radius 2 is 2.08 bits per heavy atom. The van der Waals surface area contributed by atoms with Gasteiger partial charge in [0.05, 0.1) is 0 Å². The van der Waals surface area contributed by atoms with Crippen LogP contribution < -0.4 is 16.0 Å². The third-order valence-corrected chi connectivity index (χ3v) is 3.76. The number of anilines is 1. The molecule has 3 N–H and O–H groups in total. The minimum absolute atomic E-state index is 0. The number of pyridine rings is 1. The first-order chi connectivity index (χ1) is 11.2. The first-order valence-electron chi connectivity index (χ1n) is 8.18. The zero-order valence-corrected chi connectivity index (χ0v) is 16.5. The van der Waals surface area contributed by atoms with Crippen LogP contribution in [-0.4, -0.2) is 61.0 Å². The Morgan fingerprint density at radius 3 is 2.71 bits per heavy atom. The summed E-state index contributed by atoms with van der Waals surface area (Å²) in [7, 11) is 0. The lowest BCUT2D eigenvalue weighted by molar-refractivity contribution is -0.131. The van der Waals surface area contributed by atoms with Gasteiger partial charge in [0.2, 0.25) is 5.91 Å². The van der Waals surface area contributed by atoms with Gasteiger partial charge < -0.3 is 20.9 Å². The molecule has 8 heteroatoms. The molecule has 0 aromatic carbocycles. The average molecular weight is 446 g/mol. The predicted molar refractivity (Wildman–Crippen MR) is 108 cm³/mol. The number of aromatic nitrogens is 1. The van der Waals surface area contributed by atoms with E-state index in [0.717, 1.165) is 38.4 Å². The van der Waals surface area contributed by atoms with E-state index in [4.69, 9.17) is 5.73 Å². The molecule has 2 rings (SSSR count). The van der Waals surface area contributed by atoms with Crippen molar-refractivity contribution in [1.82, 2.24) is 15.2 Å². The van der Waals surface area contributed by atoms with Gasteiger partial charge in [-0.25, -0.2) is 4.98 Å². The van der Waals surface area contributed by atoms with E-state index >= 15 is 0 Å². The zero-order chi connectivity index (χ0) is 16.5. The smallest absolute Gasteiger partial charge is 0.224 e. The molecule has 2 heterocycles. The fourth-order valence-electron chi connectivity index (χ4n) is 2.47. The summed E-state index contributed by atoms with van der Waals surface area (Å²) in [5.41, 5.74) is 5.71. The van der Waals surface area contributed by atoms with Gasteiger partial charge in [-0.1, -0.05) is 13.0 Å². The number of nitrogens with one attached hydrogen (secondary N) is 1. The molecular weight excluding hydrogens is 419 g/mol. The van der Waals surface area contributed by atoms with Gasteiger partial charge >= 0.3 is 0 Å². The lowest BCUT2D eigenvalue weighted by Gasteiger charge is -2.35. The van der Waals surface area contributed by atoms with Gasteiger partial charge in [0.15, 0.2) is 5.96 Å². The summed E-state index contributed by atoms with van der Waals surface area (Å²) in [5, 5.41) is 2.98. The highest BCUT2D eigenvalue weighted by atomic mass is 127. The summed E-state index contributed by atoms with van der Waals surface area (Å²) in [4.78, 5) is 24.8. The molecule has 0 bridgehead atoms. The normalized spacial score (nSPS) is 15.0. The number of amides is 1. The topological polar surface area (TPSA) is 86.8 Å². The molecule has 0 atom stereocenters. The summed E-state index contributed by atoms with van der Waals surface area (Å²) >= 11 is 0. The van der Waals surface area contributed by atoms with Crippen molar-refractivity contribution in [2.45, 2.75) is 19.8 Å². The fourth-order valence-corrected chi connectivity index (χ4v) is 2.47.